The molecule has 0 N–H and O–H groups in total. The molecule has 0 radical (unpaired) electrons. The second-order valence-corrected chi connectivity index (χ2v) is 5.54. The Morgan fingerprint density at radius 1 is 1.06 bits per heavy atom. The van der Waals surface area contributed by atoms with E-state index in [4.69, 9.17) is 0 Å². The minimum absolute atomic E-state index is 0.183. The van der Waals surface area contributed by atoms with Crippen molar-refractivity contribution in [1.29, 1.82) is 0 Å². The van der Waals surface area contributed by atoms with Crippen molar-refractivity contribution in [3.63, 3.8) is 0 Å². The predicted molar refractivity (Wildman–Crippen MR) is 71.4 cm³/mol. The van der Waals surface area contributed by atoms with E-state index < -0.39 is 0 Å². The summed E-state index contributed by atoms with van der Waals surface area (Å²) in [7, 11) is 2.12. The Labute approximate surface area is 108 Å². The van der Waals surface area contributed by atoms with Crippen LogP contribution in [0.15, 0.2) is 30.3 Å². The number of hydrogen-bond donors (Lipinski definition) is 0. The summed E-state index contributed by atoms with van der Waals surface area (Å²) in [6.45, 7) is 3.75. The number of amides is 1. The van der Waals surface area contributed by atoms with Gasteiger partial charge in [-0.05, 0) is 25.5 Å². The van der Waals surface area contributed by atoms with Crippen molar-refractivity contribution >= 4 is 5.91 Å². The fourth-order valence-corrected chi connectivity index (χ4v) is 2.82. The molecular weight excluding hydrogens is 224 g/mol. The molecule has 3 rings (SSSR count). The molecule has 2 fully saturated rings. The van der Waals surface area contributed by atoms with Crippen LogP contribution in [0.3, 0.4) is 0 Å². The average Bonchev–Trinajstić information content (AvgIpc) is 3.21. The summed E-state index contributed by atoms with van der Waals surface area (Å²) in [5.74, 6) is 0.349. The summed E-state index contributed by atoms with van der Waals surface area (Å²) in [5.41, 5.74) is 1.02. The van der Waals surface area contributed by atoms with E-state index in [1.54, 1.807) is 0 Å². The van der Waals surface area contributed by atoms with Crippen LogP contribution < -0.4 is 0 Å². The Balaban J connectivity index is 1.77. The third kappa shape index (κ3) is 1.93. The summed E-state index contributed by atoms with van der Waals surface area (Å²) in [6.07, 6.45) is 2.03. The van der Waals surface area contributed by atoms with Gasteiger partial charge in [-0.3, -0.25) is 4.79 Å². The fourth-order valence-electron chi connectivity index (χ4n) is 2.82. The third-order valence-electron chi connectivity index (χ3n) is 4.28. The van der Waals surface area contributed by atoms with Gasteiger partial charge in [0.15, 0.2) is 0 Å². The van der Waals surface area contributed by atoms with Crippen molar-refractivity contribution in [1.82, 2.24) is 9.80 Å². The van der Waals surface area contributed by atoms with Crippen molar-refractivity contribution < 1.29 is 4.79 Å². The van der Waals surface area contributed by atoms with Gasteiger partial charge in [0.2, 0.25) is 5.91 Å². The first kappa shape index (κ1) is 11.7. The lowest BCUT2D eigenvalue weighted by Gasteiger charge is -2.35. The average molecular weight is 244 g/mol. The second kappa shape index (κ2) is 4.39. The largest absolute Gasteiger partial charge is 0.339 e. The predicted octanol–water partition coefficient (Wildman–Crippen LogP) is 1.49. The first-order valence-corrected chi connectivity index (χ1v) is 6.76. The van der Waals surface area contributed by atoms with Gasteiger partial charge in [0.1, 0.15) is 0 Å². The number of hydrogen-bond acceptors (Lipinski definition) is 2. The summed E-state index contributed by atoms with van der Waals surface area (Å²) < 4.78 is 0. The Morgan fingerprint density at radius 2 is 1.67 bits per heavy atom. The van der Waals surface area contributed by atoms with Crippen molar-refractivity contribution in [2.24, 2.45) is 0 Å². The van der Waals surface area contributed by atoms with Crippen LogP contribution in [0.25, 0.3) is 0 Å². The number of rotatable bonds is 2. The molecule has 1 aliphatic carbocycles. The molecule has 0 bridgehead atoms. The molecule has 3 nitrogen and oxygen atoms in total. The van der Waals surface area contributed by atoms with Crippen LogP contribution >= 0.6 is 0 Å². The molecule has 1 aromatic rings. The molecule has 1 aliphatic heterocycles. The molecule has 0 aromatic heterocycles. The molecule has 0 spiro atoms. The molecule has 1 amide bonds. The lowest BCUT2D eigenvalue weighted by atomic mass is 9.94. The highest BCUT2D eigenvalue weighted by atomic mass is 16.2. The molecule has 1 saturated heterocycles. The molecule has 2 aliphatic rings. The van der Waals surface area contributed by atoms with Gasteiger partial charge in [0.25, 0.3) is 0 Å². The molecule has 96 valence electrons. The van der Waals surface area contributed by atoms with E-state index in [-0.39, 0.29) is 5.41 Å². The van der Waals surface area contributed by atoms with Crippen LogP contribution in [0.2, 0.25) is 0 Å². The highest BCUT2D eigenvalue weighted by molar-refractivity contribution is 5.91. The summed E-state index contributed by atoms with van der Waals surface area (Å²) >= 11 is 0. The van der Waals surface area contributed by atoms with E-state index in [9.17, 15) is 4.79 Å². The van der Waals surface area contributed by atoms with Crippen LogP contribution in [0.5, 0.6) is 0 Å². The van der Waals surface area contributed by atoms with Gasteiger partial charge >= 0.3 is 0 Å². The summed E-state index contributed by atoms with van der Waals surface area (Å²) in [5, 5.41) is 0. The van der Waals surface area contributed by atoms with E-state index in [1.165, 1.54) is 5.56 Å². The molecule has 0 unspecified atom stereocenters. The van der Waals surface area contributed by atoms with Crippen LogP contribution in [0.4, 0.5) is 0 Å². The van der Waals surface area contributed by atoms with Crippen molar-refractivity contribution in [2.75, 3.05) is 33.2 Å². The Morgan fingerprint density at radius 3 is 2.22 bits per heavy atom. The van der Waals surface area contributed by atoms with E-state index in [1.807, 2.05) is 18.2 Å². The SMILES string of the molecule is CN1CCN(C(=O)C2(c3ccccc3)CC2)CC1. The smallest absolute Gasteiger partial charge is 0.233 e. The van der Waals surface area contributed by atoms with Crippen LogP contribution in [-0.4, -0.2) is 48.9 Å². The fraction of sp³-hybridized carbons (Fsp3) is 0.533. The van der Waals surface area contributed by atoms with Gasteiger partial charge in [0.05, 0.1) is 5.41 Å². The maximum Gasteiger partial charge on any atom is 0.233 e. The highest BCUT2D eigenvalue weighted by Gasteiger charge is 2.52. The number of carbonyl (C=O) groups is 1. The van der Waals surface area contributed by atoms with Gasteiger partial charge < -0.3 is 9.80 Å². The van der Waals surface area contributed by atoms with Crippen LogP contribution in [0.1, 0.15) is 18.4 Å². The topological polar surface area (TPSA) is 23.6 Å². The molecule has 18 heavy (non-hydrogen) atoms. The third-order valence-corrected chi connectivity index (χ3v) is 4.28. The number of piperazine rings is 1. The quantitative estimate of drug-likeness (QED) is 0.787. The van der Waals surface area contributed by atoms with Gasteiger partial charge in [-0.25, -0.2) is 0 Å². The summed E-state index contributed by atoms with van der Waals surface area (Å²) in [6, 6.07) is 10.3. The molecule has 3 heteroatoms. The maximum absolute atomic E-state index is 12.7. The highest BCUT2D eigenvalue weighted by Crippen LogP contribution is 2.49. The standard InChI is InChI=1S/C15H20N2O/c1-16-9-11-17(12-10-16)14(18)15(7-8-15)13-5-3-2-4-6-13/h2-6H,7-12H2,1H3. The molecular formula is C15H20N2O. The van der Waals surface area contributed by atoms with Crippen molar-refractivity contribution in [2.45, 2.75) is 18.3 Å². The molecule has 1 heterocycles. The zero-order chi connectivity index (χ0) is 12.6. The van der Waals surface area contributed by atoms with E-state index in [0.29, 0.717) is 5.91 Å². The van der Waals surface area contributed by atoms with E-state index in [0.717, 1.165) is 39.0 Å². The second-order valence-electron chi connectivity index (χ2n) is 5.54. The van der Waals surface area contributed by atoms with Crippen molar-refractivity contribution in [3.8, 4) is 0 Å². The van der Waals surface area contributed by atoms with Crippen molar-refractivity contribution in [3.05, 3.63) is 35.9 Å². The van der Waals surface area contributed by atoms with E-state index >= 15 is 0 Å². The maximum atomic E-state index is 12.7. The zero-order valence-corrected chi connectivity index (χ0v) is 10.9. The first-order valence-electron chi connectivity index (χ1n) is 6.76. The van der Waals surface area contributed by atoms with Crippen LogP contribution in [0, 0.1) is 0 Å². The zero-order valence-electron chi connectivity index (χ0n) is 10.9. The monoisotopic (exact) mass is 244 g/mol. The first-order chi connectivity index (χ1) is 8.72. The van der Waals surface area contributed by atoms with Crippen LogP contribution in [-0.2, 0) is 10.2 Å². The Bertz CT molecular complexity index is 431. The molecule has 1 aromatic carbocycles. The lowest BCUT2D eigenvalue weighted by molar-refractivity contribution is -0.135. The minimum atomic E-state index is -0.183. The van der Waals surface area contributed by atoms with Gasteiger partial charge in [-0.1, -0.05) is 30.3 Å². The number of carbonyl (C=O) groups excluding carboxylic acids is 1. The Kier molecular flexibility index (Phi) is 2.86. The van der Waals surface area contributed by atoms with Gasteiger partial charge in [-0.15, -0.1) is 0 Å². The minimum Gasteiger partial charge on any atom is -0.339 e. The number of likely N-dealkylation sites (N-methyl/N-ethyl adjacent to an activating group) is 1. The lowest BCUT2D eigenvalue weighted by Crippen LogP contribution is -2.50. The Hall–Kier alpha value is -1.35. The normalized spacial score (nSPS) is 22.8. The van der Waals surface area contributed by atoms with Gasteiger partial charge in [-0.2, -0.15) is 0 Å². The number of nitrogens with zero attached hydrogens (tertiary/aromatic N) is 2. The number of benzene rings is 1. The summed E-state index contributed by atoms with van der Waals surface area (Å²) in [4.78, 5) is 17.0. The molecule has 1 saturated carbocycles. The van der Waals surface area contributed by atoms with E-state index in [2.05, 4.69) is 29.0 Å². The molecule has 0 atom stereocenters. The van der Waals surface area contributed by atoms with Gasteiger partial charge in [0, 0.05) is 26.2 Å².